The Bertz CT molecular complexity index is 540. The lowest BCUT2D eigenvalue weighted by atomic mass is 10.1. The SMILES string of the molecule is CCCCNc1cc(NCCc2ccccc2)nc(C)n1. The molecule has 0 aliphatic rings. The first-order chi connectivity index (χ1) is 10.3. The minimum Gasteiger partial charge on any atom is -0.370 e. The zero-order chi connectivity index (χ0) is 14.9. The molecule has 1 aromatic heterocycles. The molecule has 2 aromatic rings. The number of aryl methyl sites for hydroxylation is 1. The van der Waals surface area contributed by atoms with Crippen molar-refractivity contribution in [2.75, 3.05) is 23.7 Å². The third-order valence-electron chi connectivity index (χ3n) is 3.24. The van der Waals surface area contributed by atoms with E-state index in [0.717, 1.165) is 43.4 Å². The van der Waals surface area contributed by atoms with E-state index in [2.05, 4.69) is 51.8 Å². The molecular weight excluding hydrogens is 260 g/mol. The van der Waals surface area contributed by atoms with Crippen LogP contribution < -0.4 is 10.6 Å². The van der Waals surface area contributed by atoms with Crippen LogP contribution in [0.4, 0.5) is 11.6 Å². The van der Waals surface area contributed by atoms with Crippen molar-refractivity contribution in [2.24, 2.45) is 0 Å². The van der Waals surface area contributed by atoms with Gasteiger partial charge >= 0.3 is 0 Å². The fourth-order valence-corrected chi connectivity index (χ4v) is 2.12. The summed E-state index contributed by atoms with van der Waals surface area (Å²) in [5, 5.41) is 6.72. The Morgan fingerprint density at radius 1 is 0.952 bits per heavy atom. The molecule has 21 heavy (non-hydrogen) atoms. The Morgan fingerprint density at radius 2 is 1.62 bits per heavy atom. The smallest absolute Gasteiger partial charge is 0.131 e. The lowest BCUT2D eigenvalue weighted by Gasteiger charge is -2.10. The average molecular weight is 284 g/mol. The Kier molecular flexibility index (Phi) is 6.00. The van der Waals surface area contributed by atoms with Gasteiger partial charge in [-0.15, -0.1) is 0 Å². The number of aromatic nitrogens is 2. The van der Waals surface area contributed by atoms with Gasteiger partial charge in [-0.05, 0) is 25.3 Å². The van der Waals surface area contributed by atoms with Crippen LogP contribution in [0.15, 0.2) is 36.4 Å². The van der Waals surface area contributed by atoms with Gasteiger partial charge in [0.2, 0.25) is 0 Å². The van der Waals surface area contributed by atoms with Crippen molar-refractivity contribution in [1.29, 1.82) is 0 Å². The van der Waals surface area contributed by atoms with Crippen LogP contribution >= 0.6 is 0 Å². The van der Waals surface area contributed by atoms with E-state index in [9.17, 15) is 0 Å². The van der Waals surface area contributed by atoms with Gasteiger partial charge in [0.05, 0.1) is 0 Å². The molecule has 0 spiro atoms. The van der Waals surface area contributed by atoms with Crippen LogP contribution in [-0.4, -0.2) is 23.1 Å². The van der Waals surface area contributed by atoms with Gasteiger partial charge in [0.15, 0.2) is 0 Å². The summed E-state index contributed by atoms with van der Waals surface area (Å²) < 4.78 is 0. The quantitative estimate of drug-likeness (QED) is 0.726. The van der Waals surface area contributed by atoms with E-state index < -0.39 is 0 Å². The highest BCUT2D eigenvalue weighted by molar-refractivity contribution is 5.47. The molecule has 0 radical (unpaired) electrons. The number of benzene rings is 1. The Balaban J connectivity index is 1.87. The Labute approximate surface area is 127 Å². The number of hydrogen-bond donors (Lipinski definition) is 2. The Morgan fingerprint density at radius 3 is 2.29 bits per heavy atom. The molecule has 0 bridgehead atoms. The molecule has 1 heterocycles. The maximum Gasteiger partial charge on any atom is 0.131 e. The maximum atomic E-state index is 4.43. The molecule has 112 valence electrons. The van der Waals surface area contributed by atoms with Crippen LogP contribution in [0.5, 0.6) is 0 Å². The molecule has 2 rings (SSSR count). The van der Waals surface area contributed by atoms with Crippen molar-refractivity contribution in [1.82, 2.24) is 9.97 Å². The van der Waals surface area contributed by atoms with Gasteiger partial charge in [-0.2, -0.15) is 0 Å². The van der Waals surface area contributed by atoms with Crippen LogP contribution in [0, 0.1) is 6.92 Å². The second kappa shape index (κ2) is 8.25. The molecule has 1 aromatic carbocycles. The van der Waals surface area contributed by atoms with Crippen molar-refractivity contribution in [2.45, 2.75) is 33.1 Å². The van der Waals surface area contributed by atoms with Gasteiger partial charge in [0.25, 0.3) is 0 Å². The number of unbranched alkanes of at least 4 members (excludes halogenated alkanes) is 1. The van der Waals surface area contributed by atoms with E-state index in [1.807, 2.05) is 19.1 Å². The third kappa shape index (κ3) is 5.42. The van der Waals surface area contributed by atoms with Crippen LogP contribution in [-0.2, 0) is 6.42 Å². The molecule has 0 saturated heterocycles. The van der Waals surface area contributed by atoms with Gasteiger partial charge < -0.3 is 10.6 Å². The summed E-state index contributed by atoms with van der Waals surface area (Å²) >= 11 is 0. The van der Waals surface area contributed by atoms with Crippen molar-refractivity contribution in [3.05, 3.63) is 47.8 Å². The first-order valence-electron chi connectivity index (χ1n) is 7.65. The molecule has 0 unspecified atom stereocenters. The first kappa shape index (κ1) is 15.3. The molecule has 0 aliphatic carbocycles. The van der Waals surface area contributed by atoms with Crippen molar-refractivity contribution in [3.8, 4) is 0 Å². The van der Waals surface area contributed by atoms with Crippen molar-refractivity contribution < 1.29 is 0 Å². The number of nitrogens with one attached hydrogen (secondary N) is 2. The third-order valence-corrected chi connectivity index (χ3v) is 3.24. The molecular formula is C17H24N4. The molecule has 4 nitrogen and oxygen atoms in total. The molecule has 4 heteroatoms. The highest BCUT2D eigenvalue weighted by atomic mass is 15.1. The standard InChI is InChI=1S/C17H24N4/c1-3-4-11-18-16-13-17(21-14(2)20-16)19-12-10-15-8-6-5-7-9-15/h5-9,13H,3-4,10-12H2,1-2H3,(H2,18,19,20,21). The second-order valence-electron chi connectivity index (χ2n) is 5.13. The second-order valence-corrected chi connectivity index (χ2v) is 5.13. The zero-order valence-corrected chi connectivity index (χ0v) is 12.9. The minimum atomic E-state index is 0.790. The maximum absolute atomic E-state index is 4.43. The number of anilines is 2. The van der Waals surface area contributed by atoms with Gasteiger partial charge in [0, 0.05) is 19.2 Å². The highest BCUT2D eigenvalue weighted by Crippen LogP contribution is 2.11. The molecule has 0 atom stereocenters. The van der Waals surface area contributed by atoms with Gasteiger partial charge in [0.1, 0.15) is 17.5 Å². The zero-order valence-electron chi connectivity index (χ0n) is 12.9. The van der Waals surface area contributed by atoms with E-state index >= 15 is 0 Å². The number of rotatable bonds is 8. The molecule has 0 saturated carbocycles. The summed E-state index contributed by atoms with van der Waals surface area (Å²) in [6, 6.07) is 12.4. The monoisotopic (exact) mass is 284 g/mol. The average Bonchev–Trinajstić information content (AvgIpc) is 2.48. The summed E-state index contributed by atoms with van der Waals surface area (Å²) in [4.78, 5) is 8.84. The highest BCUT2D eigenvalue weighted by Gasteiger charge is 2.01. The first-order valence-corrected chi connectivity index (χ1v) is 7.65. The Hall–Kier alpha value is -2.10. The lowest BCUT2D eigenvalue weighted by molar-refractivity contribution is 0.829. The summed E-state index contributed by atoms with van der Waals surface area (Å²) in [6.45, 7) is 5.93. The summed E-state index contributed by atoms with van der Waals surface area (Å²) in [5.74, 6) is 2.58. The van der Waals surface area contributed by atoms with E-state index in [-0.39, 0.29) is 0 Å². The number of nitrogens with zero attached hydrogens (tertiary/aromatic N) is 2. The van der Waals surface area contributed by atoms with Crippen LogP contribution in [0.3, 0.4) is 0 Å². The fraction of sp³-hybridized carbons (Fsp3) is 0.412. The molecule has 0 fully saturated rings. The van der Waals surface area contributed by atoms with Crippen molar-refractivity contribution >= 4 is 11.6 Å². The normalized spacial score (nSPS) is 10.4. The van der Waals surface area contributed by atoms with Crippen LogP contribution in [0.1, 0.15) is 31.2 Å². The molecule has 0 aliphatic heterocycles. The summed E-state index contributed by atoms with van der Waals surface area (Å²) in [5.41, 5.74) is 1.33. The predicted molar refractivity (Wildman–Crippen MR) is 88.8 cm³/mol. The van der Waals surface area contributed by atoms with Crippen LogP contribution in [0.2, 0.25) is 0 Å². The van der Waals surface area contributed by atoms with E-state index in [1.54, 1.807) is 0 Å². The number of hydrogen-bond acceptors (Lipinski definition) is 4. The van der Waals surface area contributed by atoms with Gasteiger partial charge in [-0.25, -0.2) is 9.97 Å². The fourth-order valence-electron chi connectivity index (χ4n) is 2.12. The topological polar surface area (TPSA) is 49.8 Å². The molecule has 0 amide bonds. The van der Waals surface area contributed by atoms with Crippen molar-refractivity contribution in [3.63, 3.8) is 0 Å². The van der Waals surface area contributed by atoms with E-state index in [1.165, 1.54) is 12.0 Å². The molecule has 2 N–H and O–H groups in total. The van der Waals surface area contributed by atoms with E-state index in [4.69, 9.17) is 0 Å². The summed E-state index contributed by atoms with van der Waals surface area (Å²) in [6.07, 6.45) is 3.32. The minimum absolute atomic E-state index is 0.790. The lowest BCUT2D eigenvalue weighted by Crippen LogP contribution is -2.10. The van der Waals surface area contributed by atoms with E-state index in [0.29, 0.717) is 0 Å². The van der Waals surface area contributed by atoms with Gasteiger partial charge in [-0.3, -0.25) is 0 Å². The van der Waals surface area contributed by atoms with Crippen LogP contribution in [0.25, 0.3) is 0 Å². The largest absolute Gasteiger partial charge is 0.370 e. The summed E-state index contributed by atoms with van der Waals surface area (Å²) in [7, 11) is 0. The van der Waals surface area contributed by atoms with Gasteiger partial charge in [-0.1, -0.05) is 43.7 Å². The predicted octanol–water partition coefficient (Wildman–Crippen LogP) is 3.65.